The lowest BCUT2D eigenvalue weighted by molar-refractivity contribution is -0.870. The molecule has 9 heteroatoms. The summed E-state index contributed by atoms with van der Waals surface area (Å²) >= 11 is 0. The van der Waals surface area contributed by atoms with Gasteiger partial charge in [-0.25, -0.2) is 0 Å². The average molecular weight is 1070 g/mol. The molecular weight excluding hydrogens is 948 g/mol. The van der Waals surface area contributed by atoms with E-state index in [1.807, 2.05) is 27.2 Å². The smallest absolute Gasteiger partial charge is 0.268 e. The van der Waals surface area contributed by atoms with Crippen LogP contribution in [0.1, 0.15) is 290 Å². The number of unbranched alkanes of at least 4 members (excludes halogenated alkanes) is 35. The lowest BCUT2D eigenvalue weighted by Crippen LogP contribution is -2.45. The highest BCUT2D eigenvalue weighted by Gasteiger charge is 2.23. The van der Waals surface area contributed by atoms with Crippen molar-refractivity contribution in [3.05, 3.63) is 72.9 Å². The number of nitrogens with zero attached hydrogens (tertiary/aromatic N) is 1. The third-order valence-electron chi connectivity index (χ3n) is 14.2. The number of aliphatic hydroxyl groups excluding tert-OH is 1. The summed E-state index contributed by atoms with van der Waals surface area (Å²) in [6.45, 7) is 4.54. The molecule has 0 bridgehead atoms. The van der Waals surface area contributed by atoms with E-state index in [4.69, 9.17) is 9.05 Å². The van der Waals surface area contributed by atoms with Gasteiger partial charge in [-0.3, -0.25) is 9.36 Å². The van der Waals surface area contributed by atoms with Gasteiger partial charge in [0.1, 0.15) is 13.2 Å². The van der Waals surface area contributed by atoms with E-state index >= 15 is 0 Å². The largest absolute Gasteiger partial charge is 0.756 e. The highest BCUT2D eigenvalue weighted by atomic mass is 31.2. The summed E-state index contributed by atoms with van der Waals surface area (Å²) in [7, 11) is 1.25. The van der Waals surface area contributed by atoms with Crippen molar-refractivity contribution >= 4 is 13.7 Å². The van der Waals surface area contributed by atoms with Crippen LogP contribution in [0.2, 0.25) is 0 Å². The van der Waals surface area contributed by atoms with Crippen molar-refractivity contribution in [2.24, 2.45) is 0 Å². The van der Waals surface area contributed by atoms with Gasteiger partial charge in [-0.05, 0) is 70.6 Å². The molecular formula is C66H123N2O6P. The topological polar surface area (TPSA) is 108 Å². The van der Waals surface area contributed by atoms with Crippen molar-refractivity contribution < 1.29 is 32.9 Å². The SMILES string of the molecule is CC/C=C\C/C=C\C/C=C\C/C=C\CCCCCCCCCCCCCCCCCCCCCCCCC(=O)NC(COP(=O)([O-])OCC[N+](C)(C)C)C(O)/C=C/CC/C=C/CCCCCCCCCCCCCC. The van der Waals surface area contributed by atoms with Crippen LogP contribution in [-0.4, -0.2) is 68.5 Å². The summed E-state index contributed by atoms with van der Waals surface area (Å²) in [5.74, 6) is -0.204. The highest BCUT2D eigenvalue weighted by Crippen LogP contribution is 2.38. The maximum atomic E-state index is 13.0. The molecule has 0 saturated carbocycles. The third kappa shape index (κ3) is 59.4. The van der Waals surface area contributed by atoms with E-state index in [0.29, 0.717) is 17.4 Å². The molecule has 0 fully saturated rings. The van der Waals surface area contributed by atoms with Crippen LogP contribution in [0.3, 0.4) is 0 Å². The third-order valence-corrected chi connectivity index (χ3v) is 15.1. The molecule has 438 valence electrons. The maximum Gasteiger partial charge on any atom is 0.268 e. The molecule has 0 aliphatic rings. The van der Waals surface area contributed by atoms with Gasteiger partial charge < -0.3 is 28.8 Å². The summed E-state index contributed by atoms with van der Waals surface area (Å²) in [6, 6.07) is -0.904. The minimum atomic E-state index is -4.61. The zero-order chi connectivity index (χ0) is 54.9. The standard InChI is InChI=1S/C66H123N2O6P/c1-6-8-10-12-14-16-18-20-22-24-26-27-28-29-30-31-32-33-34-35-36-37-38-39-40-41-42-44-46-48-50-52-54-56-58-60-66(70)67-64(63-74-75(71,72)73-62-61-68(3,4)5)65(69)59-57-55-53-51-49-47-45-43-25-23-21-19-17-15-13-11-9-7-2/h8,10,14,16,20,22,26-27,49,51,57,59,64-65,69H,6-7,9,11-13,15,17-19,21,23-25,28-48,50,52-56,58,60-63H2,1-5H3,(H-,67,70,71,72)/b10-8-,16-14-,22-20-,27-26-,51-49+,59-57+. The molecule has 75 heavy (non-hydrogen) atoms. The fourth-order valence-corrected chi connectivity index (χ4v) is 9.94. The Hall–Kier alpha value is -2.06. The van der Waals surface area contributed by atoms with Crippen molar-refractivity contribution in [1.29, 1.82) is 0 Å². The van der Waals surface area contributed by atoms with Crippen molar-refractivity contribution in [2.45, 2.75) is 302 Å². The Kier molecular flexibility index (Phi) is 55.1. The van der Waals surface area contributed by atoms with Crippen LogP contribution >= 0.6 is 7.82 Å². The van der Waals surface area contributed by atoms with Gasteiger partial charge in [-0.15, -0.1) is 0 Å². The molecule has 0 aromatic carbocycles. The van der Waals surface area contributed by atoms with Crippen LogP contribution in [0.15, 0.2) is 72.9 Å². The number of carbonyl (C=O) groups is 1. The van der Waals surface area contributed by atoms with Crippen LogP contribution in [0.4, 0.5) is 0 Å². The number of nitrogens with one attached hydrogen (secondary N) is 1. The van der Waals surface area contributed by atoms with Gasteiger partial charge in [0.15, 0.2) is 0 Å². The minimum Gasteiger partial charge on any atom is -0.756 e. The highest BCUT2D eigenvalue weighted by molar-refractivity contribution is 7.45. The Balaban J connectivity index is 4.04. The number of rotatable bonds is 58. The first-order valence-electron chi connectivity index (χ1n) is 31.8. The molecule has 0 aliphatic carbocycles. The molecule has 8 nitrogen and oxygen atoms in total. The molecule has 0 heterocycles. The van der Waals surface area contributed by atoms with Crippen LogP contribution < -0.4 is 10.2 Å². The van der Waals surface area contributed by atoms with E-state index in [0.717, 1.165) is 64.2 Å². The second kappa shape index (κ2) is 56.7. The van der Waals surface area contributed by atoms with Gasteiger partial charge in [0.25, 0.3) is 7.82 Å². The van der Waals surface area contributed by atoms with Crippen LogP contribution in [0.25, 0.3) is 0 Å². The Morgan fingerprint density at radius 2 is 0.827 bits per heavy atom. The van der Waals surface area contributed by atoms with Crippen molar-refractivity contribution in [3.8, 4) is 0 Å². The molecule has 3 atom stereocenters. The first-order chi connectivity index (χ1) is 36.5. The average Bonchev–Trinajstić information content (AvgIpc) is 3.37. The molecule has 0 aromatic rings. The first kappa shape index (κ1) is 72.9. The van der Waals surface area contributed by atoms with E-state index in [1.54, 1.807) is 6.08 Å². The second-order valence-corrected chi connectivity index (χ2v) is 24.1. The van der Waals surface area contributed by atoms with Gasteiger partial charge in [0, 0.05) is 6.42 Å². The number of quaternary nitrogens is 1. The Labute approximate surface area is 465 Å². The Morgan fingerprint density at radius 1 is 0.480 bits per heavy atom. The number of phosphoric acid groups is 1. The van der Waals surface area contributed by atoms with E-state index in [9.17, 15) is 19.4 Å². The van der Waals surface area contributed by atoms with Gasteiger partial charge >= 0.3 is 0 Å². The quantitative estimate of drug-likeness (QED) is 0.0272. The van der Waals surface area contributed by atoms with Crippen molar-refractivity contribution in [2.75, 3.05) is 40.9 Å². The maximum absolute atomic E-state index is 13.0. The molecule has 0 rings (SSSR count). The predicted octanol–water partition coefficient (Wildman–Crippen LogP) is 19.2. The fraction of sp³-hybridized carbons (Fsp3) is 0.803. The lowest BCUT2D eigenvalue weighted by atomic mass is 10.0. The molecule has 1 amide bonds. The number of hydrogen-bond acceptors (Lipinski definition) is 6. The molecule has 2 N–H and O–H groups in total. The number of allylic oxidation sites excluding steroid dienone is 11. The predicted molar refractivity (Wildman–Crippen MR) is 325 cm³/mol. The summed E-state index contributed by atoms with van der Waals surface area (Å²) in [5.41, 5.74) is 0. The molecule has 0 saturated heterocycles. The Morgan fingerprint density at radius 3 is 1.24 bits per heavy atom. The van der Waals surface area contributed by atoms with Crippen LogP contribution in [-0.2, 0) is 18.4 Å². The van der Waals surface area contributed by atoms with Gasteiger partial charge in [0.2, 0.25) is 5.91 Å². The monoisotopic (exact) mass is 1070 g/mol. The van der Waals surface area contributed by atoms with Gasteiger partial charge in [-0.2, -0.15) is 0 Å². The Bertz CT molecular complexity index is 1450. The number of aliphatic hydroxyl groups is 1. The molecule has 0 aliphatic heterocycles. The fourth-order valence-electron chi connectivity index (χ4n) is 9.22. The lowest BCUT2D eigenvalue weighted by Gasteiger charge is -2.29. The van der Waals surface area contributed by atoms with Crippen LogP contribution in [0.5, 0.6) is 0 Å². The number of likely N-dealkylation sites (N-methyl/N-ethyl adjacent to an activating group) is 1. The second-order valence-electron chi connectivity index (χ2n) is 22.7. The number of amides is 1. The number of hydrogen-bond donors (Lipinski definition) is 2. The summed E-state index contributed by atoms with van der Waals surface area (Å²) in [6.07, 6.45) is 78.7. The summed E-state index contributed by atoms with van der Waals surface area (Å²) in [4.78, 5) is 25.5. The van der Waals surface area contributed by atoms with E-state index in [2.05, 4.69) is 79.9 Å². The van der Waals surface area contributed by atoms with Gasteiger partial charge in [0.05, 0.1) is 39.9 Å². The first-order valence-corrected chi connectivity index (χ1v) is 33.3. The van der Waals surface area contributed by atoms with E-state index < -0.39 is 26.6 Å². The number of carbonyl (C=O) groups excluding carboxylic acids is 1. The molecule has 0 radical (unpaired) electrons. The van der Waals surface area contributed by atoms with E-state index in [-0.39, 0.29) is 12.5 Å². The summed E-state index contributed by atoms with van der Waals surface area (Å²) in [5, 5.41) is 13.9. The van der Waals surface area contributed by atoms with Gasteiger partial charge in [-0.1, -0.05) is 286 Å². The zero-order valence-electron chi connectivity index (χ0n) is 50.0. The van der Waals surface area contributed by atoms with Crippen molar-refractivity contribution in [1.82, 2.24) is 5.32 Å². The molecule has 0 spiro atoms. The number of phosphoric ester groups is 1. The van der Waals surface area contributed by atoms with E-state index in [1.165, 1.54) is 205 Å². The van der Waals surface area contributed by atoms with Crippen molar-refractivity contribution in [3.63, 3.8) is 0 Å². The van der Waals surface area contributed by atoms with Crippen LogP contribution in [0, 0.1) is 0 Å². The molecule has 3 unspecified atom stereocenters. The normalized spacial score (nSPS) is 14.3. The zero-order valence-corrected chi connectivity index (χ0v) is 50.9. The summed E-state index contributed by atoms with van der Waals surface area (Å²) < 4.78 is 23.4. The molecule has 0 aromatic heterocycles. The minimum absolute atomic E-state index is 0.00647.